The molecule has 1 saturated carbocycles. The van der Waals surface area contributed by atoms with Gasteiger partial charge in [0.1, 0.15) is 0 Å². The van der Waals surface area contributed by atoms with E-state index in [0.29, 0.717) is 6.54 Å². The third kappa shape index (κ3) is 3.49. The largest absolute Gasteiger partial charge is 0.418 e. The molecule has 116 valence electrons. The summed E-state index contributed by atoms with van der Waals surface area (Å²) in [7, 11) is 0. The molecule has 1 fully saturated rings. The zero-order chi connectivity index (χ0) is 15.6. The van der Waals surface area contributed by atoms with Gasteiger partial charge in [0.15, 0.2) is 0 Å². The average molecular weight is 300 g/mol. The van der Waals surface area contributed by atoms with Crippen molar-refractivity contribution in [3.05, 3.63) is 29.3 Å². The quantitative estimate of drug-likeness (QED) is 0.843. The summed E-state index contributed by atoms with van der Waals surface area (Å²) in [4.78, 5) is 14.2. The smallest absolute Gasteiger partial charge is 0.398 e. The Morgan fingerprint density at radius 2 is 2.05 bits per heavy atom. The molecule has 1 amide bonds. The van der Waals surface area contributed by atoms with Crippen LogP contribution < -0.4 is 5.73 Å². The van der Waals surface area contributed by atoms with Gasteiger partial charge in [-0.05, 0) is 31.4 Å². The van der Waals surface area contributed by atoms with Gasteiger partial charge in [0.25, 0.3) is 5.91 Å². The molecule has 1 aliphatic carbocycles. The van der Waals surface area contributed by atoms with Crippen LogP contribution in [0.15, 0.2) is 18.2 Å². The first kappa shape index (κ1) is 15.7. The Kier molecular flexibility index (Phi) is 4.44. The van der Waals surface area contributed by atoms with Crippen molar-refractivity contribution in [2.45, 2.75) is 44.8 Å². The highest BCUT2D eigenvalue weighted by Crippen LogP contribution is 2.36. The van der Waals surface area contributed by atoms with Crippen LogP contribution in [0.5, 0.6) is 0 Å². The fourth-order valence-corrected chi connectivity index (χ4v) is 2.32. The summed E-state index contributed by atoms with van der Waals surface area (Å²) in [5.41, 5.74) is 4.12. The molecule has 0 aliphatic heterocycles. The minimum atomic E-state index is -4.55. The first-order valence-corrected chi connectivity index (χ1v) is 7.13. The maximum absolute atomic E-state index is 12.9. The maximum Gasteiger partial charge on any atom is 0.418 e. The molecule has 2 N–H and O–H groups in total. The van der Waals surface area contributed by atoms with Crippen LogP contribution >= 0.6 is 0 Å². The van der Waals surface area contributed by atoms with Gasteiger partial charge in [0.05, 0.1) is 16.8 Å². The first-order chi connectivity index (χ1) is 9.86. The van der Waals surface area contributed by atoms with E-state index in [9.17, 15) is 18.0 Å². The molecule has 1 aliphatic rings. The van der Waals surface area contributed by atoms with Crippen LogP contribution in [-0.4, -0.2) is 23.4 Å². The second-order valence-electron chi connectivity index (χ2n) is 5.35. The molecule has 0 spiro atoms. The third-order valence-corrected chi connectivity index (χ3v) is 3.64. The van der Waals surface area contributed by atoms with E-state index in [1.54, 1.807) is 4.90 Å². The van der Waals surface area contributed by atoms with Gasteiger partial charge in [-0.15, -0.1) is 0 Å². The van der Waals surface area contributed by atoms with Crippen LogP contribution in [0.3, 0.4) is 0 Å². The number of para-hydroxylation sites is 1. The molecule has 0 saturated heterocycles. The summed E-state index contributed by atoms with van der Waals surface area (Å²) >= 11 is 0. The lowest BCUT2D eigenvalue weighted by Crippen LogP contribution is -2.34. The van der Waals surface area contributed by atoms with E-state index >= 15 is 0 Å². The Morgan fingerprint density at radius 1 is 1.38 bits per heavy atom. The first-order valence-electron chi connectivity index (χ1n) is 7.13. The molecule has 1 aromatic carbocycles. The maximum atomic E-state index is 12.9. The molecule has 6 heteroatoms. The third-order valence-electron chi connectivity index (χ3n) is 3.64. The van der Waals surface area contributed by atoms with E-state index in [1.165, 1.54) is 12.1 Å². The molecular weight excluding hydrogens is 281 g/mol. The Hall–Kier alpha value is -1.72. The van der Waals surface area contributed by atoms with Crippen LogP contribution in [0.4, 0.5) is 18.9 Å². The summed E-state index contributed by atoms with van der Waals surface area (Å²) in [6.07, 6.45) is -0.966. The molecule has 1 aromatic rings. The average Bonchev–Trinajstić information content (AvgIpc) is 3.22. The number of halogens is 3. The van der Waals surface area contributed by atoms with Crippen molar-refractivity contribution in [3.63, 3.8) is 0 Å². The van der Waals surface area contributed by atoms with Crippen molar-refractivity contribution in [1.82, 2.24) is 4.90 Å². The van der Waals surface area contributed by atoms with Crippen LogP contribution in [0.2, 0.25) is 0 Å². The lowest BCUT2D eigenvalue weighted by atomic mass is 10.1. The fourth-order valence-electron chi connectivity index (χ4n) is 2.32. The molecule has 21 heavy (non-hydrogen) atoms. The summed E-state index contributed by atoms with van der Waals surface area (Å²) in [6, 6.07) is 3.66. The summed E-state index contributed by atoms with van der Waals surface area (Å²) < 4.78 is 38.6. The summed E-state index contributed by atoms with van der Waals surface area (Å²) in [6.45, 7) is 2.57. The van der Waals surface area contributed by atoms with Gasteiger partial charge in [-0.2, -0.15) is 13.2 Å². The topological polar surface area (TPSA) is 46.3 Å². The van der Waals surface area contributed by atoms with Gasteiger partial charge in [-0.1, -0.05) is 19.4 Å². The standard InChI is InChI=1S/C15H19F3N2O/c1-2-3-9-20(10-7-8-10)14(21)11-5-4-6-12(13(11)19)15(16,17)18/h4-6,10H,2-3,7-9,19H2,1H3. The van der Waals surface area contributed by atoms with E-state index in [1.807, 2.05) is 6.92 Å². The predicted octanol–water partition coefficient (Wildman–Crippen LogP) is 3.69. The highest BCUT2D eigenvalue weighted by atomic mass is 19.4. The number of hydrogen-bond donors (Lipinski definition) is 1. The second-order valence-corrected chi connectivity index (χ2v) is 5.35. The lowest BCUT2D eigenvalue weighted by Gasteiger charge is -2.23. The molecule has 3 nitrogen and oxygen atoms in total. The van der Waals surface area contributed by atoms with Gasteiger partial charge < -0.3 is 10.6 Å². The highest BCUT2D eigenvalue weighted by Gasteiger charge is 2.37. The number of carbonyl (C=O) groups is 1. The number of nitrogens with two attached hydrogens (primary N) is 1. The SMILES string of the molecule is CCCCN(C(=O)c1cccc(C(F)(F)F)c1N)C1CC1. The number of alkyl halides is 3. The number of rotatable bonds is 5. The van der Waals surface area contributed by atoms with Crippen molar-refractivity contribution >= 4 is 11.6 Å². The molecule has 0 aromatic heterocycles. The van der Waals surface area contributed by atoms with Crippen LogP contribution in [0.25, 0.3) is 0 Å². The molecule has 0 bridgehead atoms. The van der Waals surface area contributed by atoms with Crippen LogP contribution in [0, 0.1) is 0 Å². The Balaban J connectivity index is 2.29. The minimum Gasteiger partial charge on any atom is -0.398 e. The number of unbranched alkanes of at least 4 members (excludes halogenated alkanes) is 1. The Labute approximate surface area is 121 Å². The van der Waals surface area contributed by atoms with Crippen molar-refractivity contribution in [2.24, 2.45) is 0 Å². The van der Waals surface area contributed by atoms with Crippen molar-refractivity contribution in [1.29, 1.82) is 0 Å². The van der Waals surface area contributed by atoms with Crippen molar-refractivity contribution in [3.8, 4) is 0 Å². The van der Waals surface area contributed by atoms with E-state index in [2.05, 4.69) is 0 Å². The minimum absolute atomic E-state index is 0.0483. The van der Waals surface area contributed by atoms with Crippen molar-refractivity contribution < 1.29 is 18.0 Å². The fraction of sp³-hybridized carbons (Fsp3) is 0.533. The van der Waals surface area contributed by atoms with Crippen LogP contribution in [-0.2, 0) is 6.18 Å². The zero-order valence-electron chi connectivity index (χ0n) is 11.9. The number of nitrogens with zero attached hydrogens (tertiary/aromatic N) is 1. The predicted molar refractivity (Wildman–Crippen MR) is 74.8 cm³/mol. The van der Waals surface area contributed by atoms with E-state index in [0.717, 1.165) is 31.7 Å². The Morgan fingerprint density at radius 3 is 2.57 bits per heavy atom. The zero-order valence-corrected chi connectivity index (χ0v) is 11.9. The van der Waals surface area contributed by atoms with Gasteiger partial charge >= 0.3 is 6.18 Å². The Bertz CT molecular complexity index is 524. The van der Waals surface area contributed by atoms with E-state index in [-0.39, 0.29) is 11.6 Å². The number of hydrogen-bond acceptors (Lipinski definition) is 2. The molecular formula is C15H19F3N2O. The normalized spacial score (nSPS) is 15.0. The highest BCUT2D eigenvalue weighted by molar-refractivity contribution is 6.00. The number of amides is 1. The molecule has 2 rings (SSSR count). The number of anilines is 1. The van der Waals surface area contributed by atoms with Crippen molar-refractivity contribution in [2.75, 3.05) is 12.3 Å². The van der Waals surface area contributed by atoms with Gasteiger partial charge in [-0.3, -0.25) is 4.79 Å². The molecule has 0 atom stereocenters. The van der Waals surface area contributed by atoms with Gasteiger partial charge in [0.2, 0.25) is 0 Å². The molecule has 0 heterocycles. The van der Waals surface area contributed by atoms with Gasteiger partial charge in [0, 0.05) is 12.6 Å². The van der Waals surface area contributed by atoms with E-state index < -0.39 is 23.3 Å². The van der Waals surface area contributed by atoms with E-state index in [4.69, 9.17) is 5.73 Å². The number of benzene rings is 1. The monoisotopic (exact) mass is 300 g/mol. The summed E-state index contributed by atoms with van der Waals surface area (Å²) in [5, 5.41) is 0. The molecule has 0 radical (unpaired) electrons. The number of nitrogen functional groups attached to an aromatic ring is 1. The number of carbonyl (C=O) groups excluding carboxylic acids is 1. The van der Waals surface area contributed by atoms with Crippen LogP contribution in [0.1, 0.15) is 48.5 Å². The van der Waals surface area contributed by atoms with Gasteiger partial charge in [-0.25, -0.2) is 0 Å². The second kappa shape index (κ2) is 5.95. The summed E-state index contributed by atoms with van der Waals surface area (Å²) in [5.74, 6) is -0.394. The lowest BCUT2D eigenvalue weighted by molar-refractivity contribution is -0.136. The molecule has 0 unspecified atom stereocenters.